The molecule has 6 heteroatoms. The maximum Gasteiger partial charge on any atom is 0.323 e. The van der Waals surface area contributed by atoms with E-state index in [-0.39, 0.29) is 11.3 Å². The van der Waals surface area contributed by atoms with E-state index in [0.717, 1.165) is 11.0 Å². The summed E-state index contributed by atoms with van der Waals surface area (Å²) in [7, 11) is 0. The molecule has 2 rings (SSSR count). The van der Waals surface area contributed by atoms with Crippen molar-refractivity contribution < 1.29 is 24.9 Å². The maximum absolute atomic E-state index is 12.4. The van der Waals surface area contributed by atoms with Crippen molar-refractivity contribution in [3.8, 4) is 11.5 Å². The van der Waals surface area contributed by atoms with Gasteiger partial charge in [-0.05, 0) is 24.3 Å². The van der Waals surface area contributed by atoms with Crippen LogP contribution >= 0.6 is 0 Å². The highest BCUT2D eigenvalue weighted by atomic mass is 16.4. The van der Waals surface area contributed by atoms with Crippen LogP contribution in [-0.4, -0.2) is 33.7 Å². The molecule has 0 saturated carbocycles. The largest absolute Gasteiger partial charge is 0.508 e. The number of carbonyl (C=O) groups excluding carboxylic acids is 1. The number of para-hydroxylation sites is 1. The molecule has 0 unspecified atom stereocenters. The highest BCUT2D eigenvalue weighted by Crippen LogP contribution is 2.25. The van der Waals surface area contributed by atoms with Crippen LogP contribution in [0.15, 0.2) is 48.5 Å². The van der Waals surface area contributed by atoms with Crippen LogP contribution in [0.25, 0.3) is 0 Å². The molecule has 0 bridgehead atoms. The third-order valence-corrected chi connectivity index (χ3v) is 2.82. The number of aromatic hydroxyl groups is 2. The van der Waals surface area contributed by atoms with Crippen LogP contribution in [0.5, 0.6) is 11.5 Å². The Bertz CT molecular complexity index is 669. The molecule has 0 atom stereocenters. The Morgan fingerprint density at radius 1 is 1.00 bits per heavy atom. The molecule has 0 fully saturated rings. The van der Waals surface area contributed by atoms with Crippen LogP contribution in [0.3, 0.4) is 0 Å². The number of hydrogen-bond donors (Lipinski definition) is 3. The zero-order chi connectivity index (χ0) is 15.4. The first-order chi connectivity index (χ1) is 9.99. The molecule has 3 N–H and O–H groups in total. The van der Waals surface area contributed by atoms with Gasteiger partial charge < -0.3 is 15.3 Å². The van der Waals surface area contributed by atoms with Gasteiger partial charge in [-0.25, -0.2) is 0 Å². The number of carboxylic acid groups (broad SMARTS) is 1. The number of carbonyl (C=O) groups is 2. The molecule has 2 aromatic carbocycles. The fourth-order valence-corrected chi connectivity index (χ4v) is 1.87. The molecule has 0 heterocycles. The number of amides is 1. The molecule has 21 heavy (non-hydrogen) atoms. The summed E-state index contributed by atoms with van der Waals surface area (Å²) in [5.74, 6) is -2.44. The van der Waals surface area contributed by atoms with Crippen LogP contribution in [0, 0.1) is 0 Å². The van der Waals surface area contributed by atoms with E-state index >= 15 is 0 Å². The molecule has 0 aliphatic heterocycles. The van der Waals surface area contributed by atoms with E-state index in [9.17, 15) is 19.8 Å². The van der Waals surface area contributed by atoms with Crippen molar-refractivity contribution in [2.45, 2.75) is 0 Å². The molecular formula is C15H13NO5. The molecule has 108 valence electrons. The minimum Gasteiger partial charge on any atom is -0.508 e. The first-order valence-corrected chi connectivity index (χ1v) is 6.09. The van der Waals surface area contributed by atoms with Gasteiger partial charge in [0.15, 0.2) is 0 Å². The lowest BCUT2D eigenvalue weighted by Crippen LogP contribution is -2.35. The summed E-state index contributed by atoms with van der Waals surface area (Å²) < 4.78 is 0. The third kappa shape index (κ3) is 3.30. The Kier molecular flexibility index (Phi) is 4.08. The number of anilines is 1. The Balaban J connectivity index is 2.41. The van der Waals surface area contributed by atoms with Crippen molar-refractivity contribution in [2.24, 2.45) is 0 Å². The standard InChI is InChI=1S/C15H13NO5/c17-11-6-7-12(13(18)8-11)15(21)16(9-14(19)20)10-4-2-1-3-5-10/h1-8,17-18H,9H2,(H,19,20). The summed E-state index contributed by atoms with van der Waals surface area (Å²) in [5.41, 5.74) is 0.315. The van der Waals surface area contributed by atoms with Crippen molar-refractivity contribution in [3.05, 3.63) is 54.1 Å². The smallest absolute Gasteiger partial charge is 0.323 e. The molecule has 0 saturated heterocycles. The number of rotatable bonds is 4. The molecule has 0 radical (unpaired) electrons. The summed E-state index contributed by atoms with van der Waals surface area (Å²) in [6.07, 6.45) is 0. The zero-order valence-corrected chi connectivity index (χ0v) is 10.9. The van der Waals surface area contributed by atoms with E-state index in [0.29, 0.717) is 5.69 Å². The predicted molar refractivity (Wildman–Crippen MR) is 75.5 cm³/mol. The summed E-state index contributed by atoms with van der Waals surface area (Å²) in [5, 5.41) is 27.9. The Morgan fingerprint density at radius 3 is 2.24 bits per heavy atom. The molecule has 0 aliphatic rings. The molecule has 2 aromatic rings. The van der Waals surface area contributed by atoms with E-state index in [1.165, 1.54) is 12.1 Å². The molecule has 0 spiro atoms. The fraction of sp³-hybridized carbons (Fsp3) is 0.0667. The average molecular weight is 287 g/mol. The van der Waals surface area contributed by atoms with Gasteiger partial charge in [0.05, 0.1) is 5.56 Å². The summed E-state index contributed by atoms with van der Waals surface area (Å²) in [6, 6.07) is 11.8. The first kappa shape index (κ1) is 14.4. The van der Waals surface area contributed by atoms with Gasteiger partial charge in [-0.1, -0.05) is 18.2 Å². The van der Waals surface area contributed by atoms with Gasteiger partial charge in [0, 0.05) is 11.8 Å². The van der Waals surface area contributed by atoms with Gasteiger partial charge in [0.1, 0.15) is 18.0 Å². The number of hydrogen-bond acceptors (Lipinski definition) is 4. The minimum atomic E-state index is -1.18. The van der Waals surface area contributed by atoms with Crippen LogP contribution in [0.4, 0.5) is 5.69 Å². The van der Waals surface area contributed by atoms with Crippen LogP contribution in [-0.2, 0) is 4.79 Å². The number of nitrogens with zero attached hydrogens (tertiary/aromatic N) is 1. The number of aliphatic carboxylic acids is 1. The van der Waals surface area contributed by atoms with Gasteiger partial charge in [0.2, 0.25) is 0 Å². The van der Waals surface area contributed by atoms with E-state index in [1.807, 2.05) is 0 Å². The summed E-state index contributed by atoms with van der Waals surface area (Å²) >= 11 is 0. The Labute approximate surface area is 120 Å². The third-order valence-electron chi connectivity index (χ3n) is 2.82. The van der Waals surface area contributed by atoms with E-state index < -0.39 is 24.2 Å². The number of phenolic OH excluding ortho intramolecular Hbond substituents is 2. The number of benzene rings is 2. The quantitative estimate of drug-likeness (QED) is 0.797. The molecule has 0 aliphatic carbocycles. The average Bonchev–Trinajstić information content (AvgIpc) is 2.45. The van der Waals surface area contributed by atoms with Gasteiger partial charge in [-0.3, -0.25) is 14.5 Å². The highest BCUT2D eigenvalue weighted by molar-refractivity contribution is 6.09. The van der Waals surface area contributed by atoms with Crippen molar-refractivity contribution >= 4 is 17.6 Å². The van der Waals surface area contributed by atoms with E-state index in [1.54, 1.807) is 30.3 Å². The SMILES string of the molecule is O=C(O)CN(C(=O)c1ccc(O)cc1O)c1ccccc1. The van der Waals surface area contributed by atoms with Crippen molar-refractivity contribution in [2.75, 3.05) is 11.4 Å². The second-order valence-electron chi connectivity index (χ2n) is 4.32. The summed E-state index contributed by atoms with van der Waals surface area (Å²) in [4.78, 5) is 24.4. The monoisotopic (exact) mass is 287 g/mol. The highest BCUT2D eigenvalue weighted by Gasteiger charge is 2.22. The second kappa shape index (κ2) is 5.96. The molecule has 1 amide bonds. The topological polar surface area (TPSA) is 98.1 Å². The lowest BCUT2D eigenvalue weighted by Gasteiger charge is -2.21. The Hall–Kier alpha value is -3.02. The fourth-order valence-electron chi connectivity index (χ4n) is 1.87. The second-order valence-corrected chi connectivity index (χ2v) is 4.32. The van der Waals surface area contributed by atoms with Crippen molar-refractivity contribution in [1.29, 1.82) is 0 Å². The van der Waals surface area contributed by atoms with Crippen molar-refractivity contribution in [3.63, 3.8) is 0 Å². The van der Waals surface area contributed by atoms with Crippen molar-refractivity contribution in [1.82, 2.24) is 0 Å². The molecule has 6 nitrogen and oxygen atoms in total. The van der Waals surface area contributed by atoms with Gasteiger partial charge in [0.25, 0.3) is 5.91 Å². The number of phenols is 2. The van der Waals surface area contributed by atoms with E-state index in [2.05, 4.69) is 0 Å². The Morgan fingerprint density at radius 2 is 1.67 bits per heavy atom. The lowest BCUT2D eigenvalue weighted by atomic mass is 10.1. The normalized spacial score (nSPS) is 10.1. The number of carboxylic acids is 1. The van der Waals surface area contributed by atoms with Crippen LogP contribution in [0.1, 0.15) is 10.4 Å². The van der Waals surface area contributed by atoms with E-state index in [4.69, 9.17) is 5.11 Å². The van der Waals surface area contributed by atoms with Gasteiger partial charge >= 0.3 is 5.97 Å². The first-order valence-electron chi connectivity index (χ1n) is 6.09. The van der Waals surface area contributed by atoms with Crippen LogP contribution in [0.2, 0.25) is 0 Å². The van der Waals surface area contributed by atoms with Gasteiger partial charge in [-0.2, -0.15) is 0 Å². The zero-order valence-electron chi connectivity index (χ0n) is 10.9. The predicted octanol–water partition coefficient (Wildman–Crippen LogP) is 1.83. The molecular weight excluding hydrogens is 274 g/mol. The lowest BCUT2D eigenvalue weighted by molar-refractivity contribution is -0.135. The summed E-state index contributed by atoms with van der Waals surface area (Å²) in [6.45, 7) is -0.539. The minimum absolute atomic E-state index is 0.0853. The van der Waals surface area contributed by atoms with Crippen LogP contribution < -0.4 is 4.90 Å². The maximum atomic E-state index is 12.4. The molecule has 0 aromatic heterocycles. The van der Waals surface area contributed by atoms with Gasteiger partial charge in [-0.15, -0.1) is 0 Å².